The smallest absolute Gasteiger partial charge is 0.307 e. The van der Waals surface area contributed by atoms with Gasteiger partial charge in [0.25, 0.3) is 0 Å². The maximum Gasteiger partial charge on any atom is 0.332 e. The monoisotopic (exact) mass is 209 g/mol. The molecule has 1 rings (SSSR count). The van der Waals surface area contributed by atoms with Crippen LogP contribution in [0.1, 0.15) is 5.56 Å². The third-order valence-corrected chi connectivity index (χ3v) is 2.01. The predicted octanol–water partition coefficient (Wildman–Crippen LogP) is 2.25. The molecular formula is C9H8ClN3O. The number of rotatable bonds is 1. The number of benzene rings is 1. The minimum absolute atomic E-state index is 0.549. The van der Waals surface area contributed by atoms with E-state index in [1.54, 1.807) is 18.2 Å². The Hall–Kier alpha value is -1.73. The number of amides is 2. The lowest BCUT2D eigenvalue weighted by atomic mass is 10.2. The first-order chi connectivity index (χ1) is 6.63. The molecule has 2 N–H and O–H groups in total. The topological polar surface area (TPSA) is 64.9 Å². The number of anilines is 1. The minimum atomic E-state index is -0.576. The van der Waals surface area contributed by atoms with Crippen molar-refractivity contribution in [1.82, 2.24) is 5.32 Å². The summed E-state index contributed by atoms with van der Waals surface area (Å²) in [6.07, 6.45) is 1.52. The maximum atomic E-state index is 10.9. The Labute approximate surface area is 86.5 Å². The lowest BCUT2D eigenvalue weighted by Gasteiger charge is -2.04. The van der Waals surface area contributed by atoms with E-state index in [0.717, 1.165) is 5.56 Å². The molecule has 0 aliphatic heterocycles. The second kappa shape index (κ2) is 4.49. The van der Waals surface area contributed by atoms with E-state index in [2.05, 4.69) is 5.32 Å². The van der Waals surface area contributed by atoms with Gasteiger partial charge in [0.2, 0.25) is 0 Å². The minimum Gasteiger partial charge on any atom is -0.307 e. The summed E-state index contributed by atoms with van der Waals surface area (Å²) >= 11 is 5.84. The van der Waals surface area contributed by atoms with Crippen molar-refractivity contribution in [3.8, 4) is 6.19 Å². The van der Waals surface area contributed by atoms with Crippen LogP contribution in [-0.2, 0) is 0 Å². The van der Waals surface area contributed by atoms with Gasteiger partial charge in [0.15, 0.2) is 6.19 Å². The Bertz CT molecular complexity index is 398. The van der Waals surface area contributed by atoms with Gasteiger partial charge in [0.1, 0.15) is 0 Å². The standard InChI is InChI=1S/C9H8ClN3O/c1-6-2-3-7(4-8(6)10)13-9(14)12-5-11/h2-4H,1H3,(H2,12,13,14). The fourth-order valence-electron chi connectivity index (χ4n) is 0.884. The van der Waals surface area contributed by atoms with E-state index >= 15 is 0 Å². The summed E-state index contributed by atoms with van der Waals surface area (Å²) in [5, 5.41) is 13.1. The first-order valence-corrected chi connectivity index (χ1v) is 4.23. The number of halogens is 1. The van der Waals surface area contributed by atoms with Crippen molar-refractivity contribution in [2.24, 2.45) is 0 Å². The molecule has 0 saturated heterocycles. The van der Waals surface area contributed by atoms with Crippen molar-refractivity contribution in [2.75, 3.05) is 5.32 Å². The first-order valence-electron chi connectivity index (χ1n) is 3.85. The van der Waals surface area contributed by atoms with E-state index in [-0.39, 0.29) is 0 Å². The highest BCUT2D eigenvalue weighted by Gasteiger charge is 2.01. The van der Waals surface area contributed by atoms with Crippen LogP contribution in [0.4, 0.5) is 10.5 Å². The molecule has 72 valence electrons. The van der Waals surface area contributed by atoms with Gasteiger partial charge < -0.3 is 5.32 Å². The quantitative estimate of drug-likeness (QED) is 0.550. The fourth-order valence-corrected chi connectivity index (χ4v) is 1.06. The largest absolute Gasteiger partial charge is 0.332 e. The summed E-state index contributed by atoms with van der Waals surface area (Å²) in [5.41, 5.74) is 1.48. The van der Waals surface area contributed by atoms with Crippen LogP contribution in [0.15, 0.2) is 18.2 Å². The van der Waals surface area contributed by atoms with Crippen molar-refractivity contribution in [2.45, 2.75) is 6.92 Å². The van der Waals surface area contributed by atoms with Crippen molar-refractivity contribution in [1.29, 1.82) is 5.26 Å². The van der Waals surface area contributed by atoms with Crippen LogP contribution in [0.25, 0.3) is 0 Å². The lowest BCUT2D eigenvalue weighted by molar-refractivity contribution is 0.255. The van der Waals surface area contributed by atoms with Gasteiger partial charge in [-0.15, -0.1) is 0 Å². The van der Waals surface area contributed by atoms with Gasteiger partial charge in [-0.3, -0.25) is 0 Å². The molecule has 0 unspecified atom stereocenters. The van der Waals surface area contributed by atoms with Crippen molar-refractivity contribution < 1.29 is 4.79 Å². The molecular weight excluding hydrogens is 202 g/mol. The zero-order valence-electron chi connectivity index (χ0n) is 7.47. The number of urea groups is 1. The first kappa shape index (κ1) is 10.4. The predicted molar refractivity (Wildman–Crippen MR) is 54.0 cm³/mol. The number of hydrogen-bond acceptors (Lipinski definition) is 2. The zero-order chi connectivity index (χ0) is 10.6. The van der Waals surface area contributed by atoms with Crippen LogP contribution < -0.4 is 10.6 Å². The normalized spacial score (nSPS) is 8.93. The summed E-state index contributed by atoms with van der Waals surface area (Å²) in [6.45, 7) is 1.86. The van der Waals surface area contributed by atoms with Crippen LogP contribution >= 0.6 is 11.6 Å². The Morgan fingerprint density at radius 1 is 1.57 bits per heavy atom. The molecule has 2 amide bonds. The highest BCUT2D eigenvalue weighted by molar-refractivity contribution is 6.31. The number of hydrogen-bond donors (Lipinski definition) is 2. The number of carbonyl (C=O) groups is 1. The fraction of sp³-hybridized carbons (Fsp3) is 0.111. The van der Waals surface area contributed by atoms with Gasteiger partial charge >= 0.3 is 6.03 Å². The Morgan fingerprint density at radius 3 is 2.86 bits per heavy atom. The van der Waals surface area contributed by atoms with Gasteiger partial charge in [-0.25, -0.2) is 10.1 Å². The van der Waals surface area contributed by atoms with Crippen LogP contribution in [0.2, 0.25) is 5.02 Å². The highest BCUT2D eigenvalue weighted by Crippen LogP contribution is 2.19. The van der Waals surface area contributed by atoms with Crippen LogP contribution in [-0.4, -0.2) is 6.03 Å². The van der Waals surface area contributed by atoms with Gasteiger partial charge in [-0.1, -0.05) is 17.7 Å². The summed E-state index contributed by atoms with van der Waals surface area (Å²) in [6, 6.07) is 4.53. The molecule has 1 aromatic carbocycles. The van der Waals surface area contributed by atoms with Gasteiger partial charge in [0.05, 0.1) is 0 Å². The summed E-state index contributed by atoms with van der Waals surface area (Å²) in [4.78, 5) is 10.9. The molecule has 0 saturated carbocycles. The van der Waals surface area contributed by atoms with E-state index in [4.69, 9.17) is 16.9 Å². The molecule has 5 heteroatoms. The van der Waals surface area contributed by atoms with Crippen molar-refractivity contribution >= 4 is 23.3 Å². The molecule has 0 aliphatic rings. The van der Waals surface area contributed by atoms with Crippen LogP contribution in [0, 0.1) is 18.4 Å². The lowest BCUT2D eigenvalue weighted by Crippen LogP contribution is -2.23. The molecule has 0 radical (unpaired) electrons. The van der Waals surface area contributed by atoms with Crippen molar-refractivity contribution in [3.63, 3.8) is 0 Å². The summed E-state index contributed by atoms with van der Waals surface area (Å²) in [5.74, 6) is 0. The van der Waals surface area contributed by atoms with Crippen molar-refractivity contribution in [3.05, 3.63) is 28.8 Å². The van der Waals surface area contributed by atoms with Crippen LogP contribution in [0.3, 0.4) is 0 Å². The SMILES string of the molecule is Cc1ccc(NC(=O)NC#N)cc1Cl. The molecule has 0 heterocycles. The molecule has 0 atom stereocenters. The molecule has 0 fully saturated rings. The van der Waals surface area contributed by atoms with E-state index in [0.29, 0.717) is 10.7 Å². The molecule has 0 spiro atoms. The zero-order valence-corrected chi connectivity index (χ0v) is 8.22. The van der Waals surface area contributed by atoms with Gasteiger partial charge in [-0.2, -0.15) is 5.26 Å². The maximum absolute atomic E-state index is 10.9. The summed E-state index contributed by atoms with van der Waals surface area (Å²) < 4.78 is 0. The third-order valence-electron chi connectivity index (χ3n) is 1.60. The highest BCUT2D eigenvalue weighted by atomic mass is 35.5. The Balaban J connectivity index is 2.74. The second-order valence-corrected chi connectivity index (χ2v) is 3.06. The third kappa shape index (κ3) is 2.64. The number of aryl methyl sites for hydroxylation is 1. The van der Waals surface area contributed by atoms with Crippen LogP contribution in [0.5, 0.6) is 0 Å². The molecule has 4 nitrogen and oxygen atoms in total. The number of nitrogens with zero attached hydrogens (tertiary/aromatic N) is 1. The Morgan fingerprint density at radius 2 is 2.29 bits per heavy atom. The van der Waals surface area contributed by atoms with E-state index in [9.17, 15) is 4.79 Å². The molecule has 0 aliphatic carbocycles. The average molecular weight is 210 g/mol. The van der Waals surface area contributed by atoms with Gasteiger partial charge in [0, 0.05) is 10.7 Å². The Kier molecular flexibility index (Phi) is 3.32. The molecule has 1 aromatic rings. The number of nitrogens with one attached hydrogen (secondary N) is 2. The number of nitriles is 1. The molecule has 0 bridgehead atoms. The second-order valence-electron chi connectivity index (χ2n) is 2.65. The summed E-state index contributed by atoms with van der Waals surface area (Å²) in [7, 11) is 0. The number of carbonyl (C=O) groups excluding carboxylic acids is 1. The van der Waals surface area contributed by atoms with E-state index < -0.39 is 6.03 Å². The van der Waals surface area contributed by atoms with Gasteiger partial charge in [-0.05, 0) is 24.6 Å². The van der Waals surface area contributed by atoms with E-state index in [1.165, 1.54) is 6.19 Å². The average Bonchev–Trinajstić information content (AvgIpc) is 2.12. The molecule has 14 heavy (non-hydrogen) atoms. The molecule has 0 aromatic heterocycles. The van der Waals surface area contributed by atoms with E-state index in [1.807, 2.05) is 12.2 Å².